The third kappa shape index (κ3) is 6.68. The van der Waals surface area contributed by atoms with E-state index in [1.54, 1.807) is 32.9 Å². The summed E-state index contributed by atoms with van der Waals surface area (Å²) in [7, 11) is 0. The van der Waals surface area contributed by atoms with Crippen molar-refractivity contribution in [2.75, 3.05) is 6.54 Å². The number of alkyl carbamates (subject to hydrolysis) is 1. The van der Waals surface area contributed by atoms with Gasteiger partial charge in [-0.05, 0) is 45.3 Å². The Morgan fingerprint density at radius 2 is 1.96 bits per heavy atom. The number of nitrogens with one attached hydrogen (secondary N) is 2. The van der Waals surface area contributed by atoms with Crippen LogP contribution in [0.25, 0.3) is 6.08 Å². The average Bonchev–Trinajstić information content (AvgIpc) is 3.06. The van der Waals surface area contributed by atoms with Crippen LogP contribution in [0.4, 0.5) is 10.5 Å². The topological polar surface area (TPSA) is 111 Å². The quantitative estimate of drug-likeness (QED) is 0.439. The molecule has 8 nitrogen and oxygen atoms in total. The number of carbonyl (C=O) groups is 2. The first-order chi connectivity index (χ1) is 13.1. The van der Waals surface area contributed by atoms with Crippen molar-refractivity contribution in [1.29, 1.82) is 0 Å². The summed E-state index contributed by atoms with van der Waals surface area (Å²) in [6.45, 7) is 5.66. The van der Waals surface area contributed by atoms with Crippen LogP contribution in [-0.2, 0) is 9.53 Å². The third-order valence-electron chi connectivity index (χ3n) is 4.43. The molecule has 1 aromatic carbocycles. The highest BCUT2D eigenvalue weighted by atomic mass is 16.6. The fourth-order valence-electron chi connectivity index (χ4n) is 3.17. The molecule has 0 atom stereocenters. The predicted octanol–water partition coefficient (Wildman–Crippen LogP) is 3.56. The van der Waals surface area contributed by atoms with Gasteiger partial charge in [-0.2, -0.15) is 0 Å². The number of nitro groups is 1. The number of benzene rings is 1. The van der Waals surface area contributed by atoms with E-state index >= 15 is 0 Å². The molecule has 28 heavy (non-hydrogen) atoms. The van der Waals surface area contributed by atoms with Gasteiger partial charge in [-0.1, -0.05) is 25.0 Å². The Morgan fingerprint density at radius 3 is 2.57 bits per heavy atom. The molecule has 0 saturated heterocycles. The van der Waals surface area contributed by atoms with Gasteiger partial charge in [0.2, 0.25) is 5.91 Å². The fraction of sp³-hybridized carbons (Fsp3) is 0.500. The molecule has 2 amide bonds. The highest BCUT2D eigenvalue weighted by molar-refractivity contribution is 5.92. The van der Waals surface area contributed by atoms with Gasteiger partial charge in [-0.25, -0.2) is 4.79 Å². The standard InChI is InChI=1S/C20H27N3O5/c1-19(2,3)28-18(25)21-14-20(11-4-5-12-20)22-17(24)10-9-15-7-6-8-16(13-15)23(26)27/h6-10,13H,4-5,11-12,14H2,1-3H3,(H,21,25)(H,22,24). The normalized spacial score (nSPS) is 16.0. The molecule has 0 radical (unpaired) electrons. The summed E-state index contributed by atoms with van der Waals surface area (Å²) < 4.78 is 5.25. The summed E-state index contributed by atoms with van der Waals surface area (Å²) in [6, 6.07) is 6.05. The number of nitro benzene ring substituents is 1. The third-order valence-corrected chi connectivity index (χ3v) is 4.43. The van der Waals surface area contributed by atoms with E-state index < -0.39 is 22.2 Å². The number of rotatable bonds is 6. The molecular weight excluding hydrogens is 362 g/mol. The van der Waals surface area contributed by atoms with Gasteiger partial charge in [0, 0.05) is 24.8 Å². The second-order valence-electron chi connectivity index (χ2n) is 8.02. The van der Waals surface area contributed by atoms with Crippen molar-refractivity contribution in [1.82, 2.24) is 10.6 Å². The monoisotopic (exact) mass is 389 g/mol. The minimum atomic E-state index is -0.586. The van der Waals surface area contributed by atoms with Gasteiger partial charge in [0.1, 0.15) is 5.60 Å². The van der Waals surface area contributed by atoms with Crippen molar-refractivity contribution >= 4 is 23.8 Å². The van der Waals surface area contributed by atoms with Crippen LogP contribution in [0.1, 0.15) is 52.0 Å². The Bertz CT molecular complexity index is 761. The molecule has 0 unspecified atom stereocenters. The SMILES string of the molecule is CC(C)(C)OC(=O)NCC1(NC(=O)C=Cc2cccc([N+](=O)[O-])c2)CCCC1. The number of amides is 2. The van der Waals surface area contributed by atoms with Crippen molar-refractivity contribution in [3.05, 3.63) is 46.0 Å². The van der Waals surface area contributed by atoms with Crippen molar-refractivity contribution in [2.24, 2.45) is 0 Å². The molecule has 152 valence electrons. The smallest absolute Gasteiger partial charge is 0.407 e. The Labute approximate surface area is 164 Å². The van der Waals surface area contributed by atoms with Gasteiger partial charge in [0.05, 0.1) is 10.5 Å². The molecule has 0 aromatic heterocycles. The van der Waals surface area contributed by atoms with E-state index in [1.165, 1.54) is 24.3 Å². The van der Waals surface area contributed by atoms with Crippen LogP contribution < -0.4 is 10.6 Å². The number of nitrogens with zero attached hydrogens (tertiary/aromatic N) is 1. The summed E-state index contributed by atoms with van der Waals surface area (Å²) >= 11 is 0. The number of non-ortho nitro benzene ring substituents is 1. The first kappa shape index (κ1) is 21.4. The van der Waals surface area contributed by atoms with Crippen LogP contribution in [0.2, 0.25) is 0 Å². The van der Waals surface area contributed by atoms with E-state index in [1.807, 2.05) is 0 Å². The van der Waals surface area contributed by atoms with Gasteiger partial charge in [0.25, 0.3) is 5.69 Å². The fourth-order valence-corrected chi connectivity index (χ4v) is 3.17. The van der Waals surface area contributed by atoms with Gasteiger partial charge in [-0.15, -0.1) is 0 Å². The molecule has 1 saturated carbocycles. The molecule has 0 aliphatic heterocycles. The molecule has 1 aromatic rings. The zero-order valence-electron chi connectivity index (χ0n) is 16.5. The lowest BCUT2D eigenvalue weighted by Gasteiger charge is -2.30. The molecule has 2 N–H and O–H groups in total. The molecule has 8 heteroatoms. The second kappa shape index (κ2) is 8.86. The van der Waals surface area contributed by atoms with Gasteiger partial charge >= 0.3 is 6.09 Å². The summed E-state index contributed by atoms with van der Waals surface area (Å²) in [6.07, 6.45) is 5.83. The Balaban J connectivity index is 1.97. The highest BCUT2D eigenvalue weighted by Gasteiger charge is 2.35. The Hall–Kier alpha value is -2.90. The first-order valence-electron chi connectivity index (χ1n) is 9.30. The summed E-state index contributed by atoms with van der Waals surface area (Å²) in [5.74, 6) is -0.306. The number of hydrogen-bond acceptors (Lipinski definition) is 5. The van der Waals surface area contributed by atoms with Gasteiger partial charge in [-0.3, -0.25) is 14.9 Å². The van der Waals surface area contributed by atoms with Crippen molar-refractivity contribution in [3.8, 4) is 0 Å². The van der Waals surface area contributed by atoms with Crippen LogP contribution in [0, 0.1) is 10.1 Å². The molecular formula is C20H27N3O5. The van der Waals surface area contributed by atoms with E-state index in [0.717, 1.165) is 25.7 Å². The van der Waals surface area contributed by atoms with Crippen LogP contribution >= 0.6 is 0 Å². The largest absolute Gasteiger partial charge is 0.444 e. The number of carbonyl (C=O) groups excluding carboxylic acids is 2. The van der Waals surface area contributed by atoms with E-state index in [0.29, 0.717) is 5.56 Å². The lowest BCUT2D eigenvalue weighted by Crippen LogP contribution is -2.54. The van der Waals surface area contributed by atoms with Crippen LogP contribution in [0.5, 0.6) is 0 Å². The molecule has 0 bridgehead atoms. The maximum absolute atomic E-state index is 12.4. The van der Waals surface area contributed by atoms with E-state index in [2.05, 4.69) is 10.6 Å². The van der Waals surface area contributed by atoms with Gasteiger partial charge in [0.15, 0.2) is 0 Å². The van der Waals surface area contributed by atoms with Crippen molar-refractivity contribution in [2.45, 2.75) is 57.6 Å². The molecule has 1 aliphatic carbocycles. The molecule has 2 rings (SSSR count). The zero-order valence-corrected chi connectivity index (χ0v) is 16.5. The predicted molar refractivity (Wildman–Crippen MR) is 106 cm³/mol. The zero-order chi connectivity index (χ0) is 20.8. The number of hydrogen-bond donors (Lipinski definition) is 2. The molecule has 1 aliphatic rings. The minimum Gasteiger partial charge on any atom is -0.444 e. The van der Waals surface area contributed by atoms with Crippen molar-refractivity contribution in [3.63, 3.8) is 0 Å². The van der Waals surface area contributed by atoms with E-state index in [-0.39, 0.29) is 18.1 Å². The number of ether oxygens (including phenoxy) is 1. The highest BCUT2D eigenvalue weighted by Crippen LogP contribution is 2.29. The molecule has 0 spiro atoms. The van der Waals surface area contributed by atoms with Crippen LogP contribution in [0.3, 0.4) is 0 Å². The van der Waals surface area contributed by atoms with Crippen LogP contribution in [0.15, 0.2) is 30.3 Å². The summed E-state index contributed by atoms with van der Waals surface area (Å²) in [4.78, 5) is 34.7. The first-order valence-corrected chi connectivity index (χ1v) is 9.30. The lowest BCUT2D eigenvalue weighted by molar-refractivity contribution is -0.384. The van der Waals surface area contributed by atoms with Crippen molar-refractivity contribution < 1.29 is 19.2 Å². The summed E-state index contributed by atoms with van der Waals surface area (Å²) in [5, 5.41) is 16.6. The van der Waals surface area contributed by atoms with E-state index in [4.69, 9.17) is 4.74 Å². The second-order valence-corrected chi connectivity index (χ2v) is 8.02. The molecule has 0 heterocycles. The average molecular weight is 389 g/mol. The minimum absolute atomic E-state index is 0.0311. The maximum Gasteiger partial charge on any atom is 0.407 e. The Morgan fingerprint density at radius 1 is 1.29 bits per heavy atom. The van der Waals surface area contributed by atoms with Crippen LogP contribution in [-0.4, -0.2) is 34.6 Å². The summed E-state index contributed by atoms with van der Waals surface area (Å²) in [5.41, 5.74) is -0.564. The molecule has 1 fully saturated rings. The van der Waals surface area contributed by atoms with E-state index in [9.17, 15) is 19.7 Å². The Kier molecular flexibility index (Phi) is 6.77. The lowest BCUT2D eigenvalue weighted by atomic mass is 9.97. The maximum atomic E-state index is 12.4. The van der Waals surface area contributed by atoms with Gasteiger partial charge < -0.3 is 15.4 Å².